The van der Waals surface area contributed by atoms with Gasteiger partial charge in [0.25, 0.3) is 0 Å². The highest BCUT2D eigenvalue weighted by molar-refractivity contribution is 6.41. The lowest BCUT2D eigenvalue weighted by atomic mass is 10.1. The summed E-state index contributed by atoms with van der Waals surface area (Å²) in [5.74, 6) is -1.29. The number of amides is 2. The van der Waals surface area contributed by atoms with Gasteiger partial charge in [0.15, 0.2) is 0 Å². The lowest BCUT2D eigenvalue weighted by Gasteiger charge is -2.34. The van der Waals surface area contributed by atoms with E-state index in [1.807, 2.05) is 71.5 Å². The molecule has 4 heterocycles. The highest BCUT2D eigenvalue weighted by Crippen LogP contribution is 2.28. The minimum Gasteiger partial charge on any atom is -0.406 e. The summed E-state index contributed by atoms with van der Waals surface area (Å²) in [6.45, 7) is 6.33. The number of aryl methyl sites for hydroxylation is 1. The van der Waals surface area contributed by atoms with Gasteiger partial charge in [-0.3, -0.25) is 14.6 Å². The minimum absolute atomic E-state index is 0.285. The first-order valence-corrected chi connectivity index (χ1v) is 19.8. The molecule has 1 saturated heterocycles. The largest absolute Gasteiger partial charge is 0.573 e. The maximum Gasteiger partial charge on any atom is 0.573 e. The fourth-order valence-corrected chi connectivity index (χ4v) is 7.06. The number of nitrogens with zero attached hydrogens (tertiary/aromatic N) is 9. The van der Waals surface area contributed by atoms with Gasteiger partial charge in [0.05, 0.1) is 60.4 Å². The van der Waals surface area contributed by atoms with E-state index in [1.165, 1.54) is 18.2 Å². The first-order valence-electron chi connectivity index (χ1n) is 19.8. The molecule has 0 N–H and O–H groups in total. The van der Waals surface area contributed by atoms with Crippen molar-refractivity contribution in [3.8, 4) is 29.1 Å². The van der Waals surface area contributed by atoms with Gasteiger partial charge >= 0.3 is 18.2 Å². The van der Waals surface area contributed by atoms with Gasteiger partial charge < -0.3 is 23.7 Å². The number of pyridine rings is 1. The fraction of sp³-hybridized carbons (Fsp3) is 0.188. The summed E-state index contributed by atoms with van der Waals surface area (Å²) in [7, 11) is 0. The van der Waals surface area contributed by atoms with Crippen LogP contribution >= 0.6 is 0 Å². The minimum atomic E-state index is -4.74. The van der Waals surface area contributed by atoms with E-state index in [1.54, 1.807) is 77.4 Å². The summed E-state index contributed by atoms with van der Waals surface area (Å²) < 4.78 is 45.3. The molecule has 1 aliphatic heterocycles. The number of nitriles is 2. The van der Waals surface area contributed by atoms with Gasteiger partial charge in [0, 0.05) is 61.6 Å². The van der Waals surface area contributed by atoms with E-state index in [4.69, 9.17) is 10.5 Å². The Morgan fingerprint density at radius 3 is 1.95 bits per heavy atom. The molecule has 63 heavy (non-hydrogen) atoms. The van der Waals surface area contributed by atoms with Crippen LogP contribution in [0.2, 0.25) is 0 Å². The molecular weight excluding hydrogens is 808 g/mol. The third kappa shape index (κ3) is 10.8. The summed E-state index contributed by atoms with van der Waals surface area (Å²) in [6.07, 6.45) is 4.60. The van der Waals surface area contributed by atoms with Crippen LogP contribution in [0.4, 0.5) is 18.9 Å². The Balaban J connectivity index is 0.000000189. The quantitative estimate of drug-likeness (QED) is 0.119. The fourth-order valence-electron chi connectivity index (χ4n) is 7.06. The lowest BCUT2D eigenvalue weighted by Crippen LogP contribution is -2.54. The molecule has 0 bridgehead atoms. The number of carbonyl (C=O) groups is 2. The molecule has 15 heteroatoms. The molecule has 8 rings (SSSR count). The molecule has 0 radical (unpaired) electrons. The van der Waals surface area contributed by atoms with Crippen LogP contribution in [0, 0.1) is 36.5 Å². The smallest absolute Gasteiger partial charge is 0.406 e. The van der Waals surface area contributed by atoms with E-state index in [2.05, 4.69) is 31.8 Å². The lowest BCUT2D eigenvalue weighted by molar-refractivity contribution is -0.274. The zero-order valence-electron chi connectivity index (χ0n) is 34.3. The van der Waals surface area contributed by atoms with Gasteiger partial charge in [-0.1, -0.05) is 54.6 Å². The van der Waals surface area contributed by atoms with E-state index in [9.17, 15) is 22.8 Å². The Kier molecular flexibility index (Phi) is 13.1. The van der Waals surface area contributed by atoms with Crippen LogP contribution in [0.25, 0.3) is 11.3 Å². The van der Waals surface area contributed by atoms with Crippen LogP contribution < -0.4 is 9.64 Å². The summed E-state index contributed by atoms with van der Waals surface area (Å²) in [6, 6.07) is 34.1. The zero-order valence-corrected chi connectivity index (χ0v) is 34.3. The van der Waals surface area contributed by atoms with E-state index >= 15 is 0 Å². The van der Waals surface area contributed by atoms with Crippen LogP contribution in [0.5, 0.6) is 5.75 Å². The van der Waals surface area contributed by atoms with Gasteiger partial charge in [-0.05, 0) is 90.2 Å². The number of alkyl halides is 3. The molecule has 0 saturated carbocycles. The Hall–Kier alpha value is -8.04. The van der Waals surface area contributed by atoms with Crippen molar-refractivity contribution in [1.82, 2.24) is 29.0 Å². The summed E-state index contributed by atoms with van der Waals surface area (Å²) in [4.78, 5) is 41.7. The second-order valence-electron chi connectivity index (χ2n) is 14.8. The summed E-state index contributed by atoms with van der Waals surface area (Å²) in [5.41, 5.74) is 10.1. The van der Waals surface area contributed by atoms with Gasteiger partial charge in [0.2, 0.25) is 0 Å². The number of carbonyl (C=O) groups excluding carboxylic acids is 2. The van der Waals surface area contributed by atoms with Crippen molar-refractivity contribution in [2.75, 3.05) is 18.0 Å². The number of halogens is 3. The van der Waals surface area contributed by atoms with E-state index in [0.717, 1.165) is 44.9 Å². The van der Waals surface area contributed by atoms with Gasteiger partial charge in [0.1, 0.15) is 5.75 Å². The number of aromatic nitrogens is 5. The predicted molar refractivity (Wildman–Crippen MR) is 228 cm³/mol. The normalized spacial score (nSPS) is 12.6. The van der Waals surface area contributed by atoms with Crippen molar-refractivity contribution in [1.29, 1.82) is 10.5 Å². The number of rotatable bonds is 11. The highest BCUT2D eigenvalue weighted by atomic mass is 19.4. The molecule has 2 amide bonds. The topological polar surface area (TPSA) is 146 Å². The van der Waals surface area contributed by atoms with Crippen LogP contribution in [0.1, 0.15) is 50.3 Å². The molecule has 0 spiro atoms. The van der Waals surface area contributed by atoms with Crippen LogP contribution in [0.15, 0.2) is 134 Å². The molecule has 0 unspecified atom stereocenters. The number of hydrogen-bond donors (Lipinski definition) is 0. The first-order chi connectivity index (χ1) is 30.4. The first kappa shape index (κ1) is 43.1. The zero-order chi connectivity index (χ0) is 44.5. The Morgan fingerprint density at radius 2 is 1.30 bits per heavy atom. The number of benzene rings is 4. The summed E-state index contributed by atoms with van der Waals surface area (Å²) in [5, 5.41) is 17.9. The Bertz CT molecular complexity index is 2800. The molecule has 1 aliphatic rings. The number of piperazine rings is 1. The van der Waals surface area contributed by atoms with E-state index < -0.39 is 18.2 Å². The monoisotopic (exact) mass is 847 g/mol. The van der Waals surface area contributed by atoms with E-state index in [0.29, 0.717) is 61.5 Å². The molecular formula is C48H40F3N9O3. The van der Waals surface area contributed by atoms with Crippen molar-refractivity contribution in [2.24, 2.45) is 0 Å². The molecule has 3 aromatic heterocycles. The van der Waals surface area contributed by atoms with Crippen molar-refractivity contribution >= 4 is 17.5 Å². The molecule has 7 aromatic rings. The van der Waals surface area contributed by atoms with Crippen molar-refractivity contribution in [2.45, 2.75) is 46.3 Å². The maximum absolute atomic E-state index is 12.9. The maximum atomic E-state index is 12.9. The average molecular weight is 848 g/mol. The van der Waals surface area contributed by atoms with E-state index in [-0.39, 0.29) is 5.75 Å². The number of imidazole rings is 2. The third-order valence-corrected chi connectivity index (χ3v) is 10.6. The Morgan fingerprint density at radius 1 is 0.683 bits per heavy atom. The van der Waals surface area contributed by atoms with Crippen LogP contribution in [0.3, 0.4) is 0 Å². The van der Waals surface area contributed by atoms with Crippen LogP contribution in [-0.4, -0.2) is 60.3 Å². The average Bonchev–Trinajstić information content (AvgIpc) is 3.92. The number of hydrogen-bond acceptors (Lipinski definition) is 8. The standard InChI is InChI=1S/C24H17F3N4O.C24H23N5O2/c25-24(26,27)32-22-3-1-2-20(11-22)23-9-8-19(13-30-23)15-31-16-29-14-21(31)10-17-4-6-18(12-28)7-5-17;1-17-4-3-5-22(18(17)2)29-11-10-27(23(30)24(29)31)15-21-13-26-16-28(21)14-20-8-6-19(12-25)7-9-20/h1-9,11,13-14,16H,10,15H2;3-9,13,16H,10-11,14-15H2,1-2H3. The number of anilines is 1. The van der Waals surface area contributed by atoms with Crippen LogP contribution in [-0.2, 0) is 35.6 Å². The molecule has 12 nitrogen and oxygen atoms in total. The molecule has 1 fully saturated rings. The molecule has 0 atom stereocenters. The van der Waals surface area contributed by atoms with Gasteiger partial charge in [-0.2, -0.15) is 10.5 Å². The van der Waals surface area contributed by atoms with Crippen molar-refractivity contribution < 1.29 is 27.5 Å². The number of ether oxygens (including phenoxy) is 1. The second-order valence-corrected chi connectivity index (χ2v) is 14.8. The Labute approximate surface area is 361 Å². The second kappa shape index (κ2) is 19.1. The van der Waals surface area contributed by atoms with Gasteiger partial charge in [-0.15, -0.1) is 13.2 Å². The SMILES string of the molecule is Cc1cccc(N2CCN(Cc3cncn3Cc3ccc(C#N)cc3)C(=O)C2=O)c1C.N#Cc1ccc(Cc2cncn2Cc2ccc(-c3cccc(OC(F)(F)F)c3)nc2)cc1. The summed E-state index contributed by atoms with van der Waals surface area (Å²) >= 11 is 0. The van der Waals surface area contributed by atoms with Gasteiger partial charge in [-0.25, -0.2) is 9.97 Å². The predicted octanol–water partition coefficient (Wildman–Crippen LogP) is 8.15. The molecule has 4 aromatic carbocycles. The molecule has 316 valence electrons. The molecule has 0 aliphatic carbocycles. The third-order valence-electron chi connectivity index (χ3n) is 10.6. The highest BCUT2D eigenvalue weighted by Gasteiger charge is 2.34. The van der Waals surface area contributed by atoms with Crippen molar-refractivity contribution in [3.63, 3.8) is 0 Å². The van der Waals surface area contributed by atoms with Crippen molar-refractivity contribution in [3.05, 3.63) is 185 Å².